The Morgan fingerprint density at radius 2 is 2.11 bits per heavy atom. The summed E-state index contributed by atoms with van der Waals surface area (Å²) in [6.45, 7) is 8.08. The molecule has 102 valence electrons. The van der Waals surface area contributed by atoms with Crippen LogP contribution in [0.25, 0.3) is 5.78 Å². The first-order chi connectivity index (χ1) is 8.82. The van der Waals surface area contributed by atoms with E-state index in [1.165, 1.54) is 10.6 Å². The quantitative estimate of drug-likeness (QED) is 0.904. The molecule has 7 heteroatoms. The Hall–Kier alpha value is -2.18. The van der Waals surface area contributed by atoms with E-state index in [0.717, 1.165) is 0 Å². The summed E-state index contributed by atoms with van der Waals surface area (Å²) < 4.78 is 6.36. The van der Waals surface area contributed by atoms with Crippen LogP contribution in [0.2, 0.25) is 0 Å². The molecule has 0 aliphatic heterocycles. The fourth-order valence-corrected chi connectivity index (χ4v) is 1.58. The van der Waals surface area contributed by atoms with Gasteiger partial charge >= 0.3 is 12.0 Å². The Labute approximate surface area is 110 Å². The van der Waals surface area contributed by atoms with Gasteiger partial charge in [0, 0.05) is 5.41 Å². The van der Waals surface area contributed by atoms with Crippen LogP contribution in [0.5, 0.6) is 6.01 Å². The van der Waals surface area contributed by atoms with Crippen molar-refractivity contribution in [3.63, 3.8) is 0 Å². The van der Waals surface area contributed by atoms with Crippen molar-refractivity contribution in [1.29, 1.82) is 0 Å². The second-order valence-corrected chi connectivity index (χ2v) is 5.12. The summed E-state index contributed by atoms with van der Waals surface area (Å²) in [5.41, 5.74) is 0.394. The van der Waals surface area contributed by atoms with E-state index in [-0.39, 0.29) is 22.9 Å². The molecule has 1 N–H and O–H groups in total. The molecule has 0 radical (unpaired) electrons. The lowest BCUT2D eigenvalue weighted by Crippen LogP contribution is -2.18. The first-order valence-corrected chi connectivity index (χ1v) is 5.97. The smallest absolute Gasteiger partial charge is 0.354 e. The van der Waals surface area contributed by atoms with E-state index >= 15 is 0 Å². The standard InChI is InChI=1S/C12H16N4O3/c1-5-19-11-14-10-13-8(12(2,3)4)6-7(9(17)18)16(10)15-11/h6H,5H2,1-4H3,(H,17,18). The molecule has 2 heterocycles. The van der Waals surface area contributed by atoms with Gasteiger partial charge in [-0.15, -0.1) is 5.10 Å². The number of aromatic nitrogens is 4. The van der Waals surface area contributed by atoms with Crippen molar-refractivity contribution in [3.8, 4) is 6.01 Å². The Bertz CT molecular complexity index is 628. The third-order valence-corrected chi connectivity index (χ3v) is 2.55. The van der Waals surface area contributed by atoms with E-state index in [9.17, 15) is 9.90 Å². The molecule has 0 amide bonds. The van der Waals surface area contributed by atoms with E-state index in [2.05, 4.69) is 15.1 Å². The first-order valence-electron chi connectivity index (χ1n) is 5.97. The van der Waals surface area contributed by atoms with Gasteiger partial charge in [-0.05, 0) is 13.0 Å². The van der Waals surface area contributed by atoms with Gasteiger partial charge in [-0.25, -0.2) is 9.78 Å². The molecule has 7 nitrogen and oxygen atoms in total. The fraction of sp³-hybridized carbons (Fsp3) is 0.500. The van der Waals surface area contributed by atoms with Crippen molar-refractivity contribution in [2.45, 2.75) is 33.1 Å². The number of rotatable bonds is 3. The molecule has 0 atom stereocenters. The highest BCUT2D eigenvalue weighted by Gasteiger charge is 2.22. The van der Waals surface area contributed by atoms with Gasteiger partial charge in [-0.3, -0.25) is 0 Å². The van der Waals surface area contributed by atoms with E-state index in [0.29, 0.717) is 12.3 Å². The Morgan fingerprint density at radius 1 is 1.42 bits per heavy atom. The van der Waals surface area contributed by atoms with Gasteiger partial charge in [-0.1, -0.05) is 20.8 Å². The number of nitrogens with zero attached hydrogens (tertiary/aromatic N) is 4. The summed E-state index contributed by atoms with van der Waals surface area (Å²) in [5.74, 6) is -0.848. The van der Waals surface area contributed by atoms with Gasteiger partial charge in [0.05, 0.1) is 12.3 Å². The van der Waals surface area contributed by atoms with Crippen LogP contribution in [0.3, 0.4) is 0 Å². The van der Waals surface area contributed by atoms with E-state index in [4.69, 9.17) is 4.74 Å². The van der Waals surface area contributed by atoms with Crippen LogP contribution in [0, 0.1) is 0 Å². The van der Waals surface area contributed by atoms with E-state index < -0.39 is 5.97 Å². The van der Waals surface area contributed by atoms with Crippen LogP contribution in [0.1, 0.15) is 43.9 Å². The molecule has 0 fully saturated rings. The molecule has 0 unspecified atom stereocenters. The van der Waals surface area contributed by atoms with E-state index in [1.807, 2.05) is 20.8 Å². The lowest BCUT2D eigenvalue weighted by atomic mass is 9.91. The summed E-state index contributed by atoms with van der Waals surface area (Å²) in [5, 5.41) is 13.2. The molecule has 0 saturated heterocycles. The minimum atomic E-state index is -1.08. The van der Waals surface area contributed by atoms with Crippen LogP contribution in [0.4, 0.5) is 0 Å². The molecule has 2 aromatic rings. The maximum Gasteiger partial charge on any atom is 0.354 e. The van der Waals surface area contributed by atoms with Crippen molar-refractivity contribution in [1.82, 2.24) is 19.6 Å². The molecule has 2 aromatic heterocycles. The average Bonchev–Trinajstić information content (AvgIpc) is 2.68. The van der Waals surface area contributed by atoms with Crippen LogP contribution in [-0.4, -0.2) is 37.3 Å². The number of fused-ring (bicyclic) bond motifs is 1. The van der Waals surface area contributed by atoms with Gasteiger partial charge in [0.25, 0.3) is 5.78 Å². The molecular weight excluding hydrogens is 248 g/mol. The van der Waals surface area contributed by atoms with Crippen molar-refractivity contribution in [2.24, 2.45) is 0 Å². The van der Waals surface area contributed by atoms with Gasteiger partial charge in [0.2, 0.25) is 0 Å². The molecule has 0 bridgehead atoms. The number of ether oxygens (including phenoxy) is 1. The highest BCUT2D eigenvalue weighted by Crippen LogP contribution is 2.22. The molecule has 2 rings (SSSR count). The Kier molecular flexibility index (Phi) is 3.13. The summed E-state index contributed by atoms with van der Waals surface area (Å²) in [6, 6.07) is 1.64. The van der Waals surface area contributed by atoms with Crippen LogP contribution in [-0.2, 0) is 5.41 Å². The molecule has 19 heavy (non-hydrogen) atoms. The highest BCUT2D eigenvalue weighted by atomic mass is 16.5. The average molecular weight is 264 g/mol. The van der Waals surface area contributed by atoms with Crippen molar-refractivity contribution >= 4 is 11.7 Å². The fourth-order valence-electron chi connectivity index (χ4n) is 1.58. The van der Waals surface area contributed by atoms with Gasteiger partial charge in [0.15, 0.2) is 5.69 Å². The summed E-state index contributed by atoms with van der Waals surface area (Å²) in [7, 11) is 0. The molecule has 0 spiro atoms. The van der Waals surface area contributed by atoms with Crippen LogP contribution < -0.4 is 4.74 Å². The number of carboxylic acid groups (broad SMARTS) is 1. The van der Waals surface area contributed by atoms with Crippen molar-refractivity contribution in [3.05, 3.63) is 17.5 Å². The normalized spacial score (nSPS) is 11.8. The third-order valence-electron chi connectivity index (χ3n) is 2.55. The molecule has 0 aromatic carbocycles. The predicted molar refractivity (Wildman–Crippen MR) is 67.6 cm³/mol. The number of hydrogen-bond acceptors (Lipinski definition) is 5. The van der Waals surface area contributed by atoms with E-state index in [1.54, 1.807) is 6.92 Å². The second kappa shape index (κ2) is 4.49. The Balaban J connectivity index is 2.69. The van der Waals surface area contributed by atoms with Gasteiger partial charge < -0.3 is 9.84 Å². The van der Waals surface area contributed by atoms with Crippen LogP contribution in [0.15, 0.2) is 6.07 Å². The predicted octanol–water partition coefficient (Wildman–Crippen LogP) is 1.52. The van der Waals surface area contributed by atoms with Crippen LogP contribution >= 0.6 is 0 Å². The van der Waals surface area contributed by atoms with Crippen molar-refractivity contribution < 1.29 is 14.6 Å². The zero-order valence-corrected chi connectivity index (χ0v) is 11.3. The zero-order chi connectivity index (χ0) is 14.2. The largest absolute Gasteiger partial charge is 0.477 e. The number of aromatic carboxylic acids is 1. The minimum absolute atomic E-state index is 0.0216. The van der Waals surface area contributed by atoms with Gasteiger partial charge in [0.1, 0.15) is 0 Å². The monoisotopic (exact) mass is 264 g/mol. The number of hydrogen-bond donors (Lipinski definition) is 1. The maximum absolute atomic E-state index is 11.3. The zero-order valence-electron chi connectivity index (χ0n) is 11.3. The maximum atomic E-state index is 11.3. The Morgan fingerprint density at radius 3 is 2.63 bits per heavy atom. The lowest BCUT2D eigenvalue weighted by molar-refractivity contribution is 0.0687. The second-order valence-electron chi connectivity index (χ2n) is 5.12. The molecular formula is C12H16N4O3. The summed E-state index contributed by atoms with van der Waals surface area (Å²) in [4.78, 5) is 19.7. The minimum Gasteiger partial charge on any atom is -0.477 e. The van der Waals surface area contributed by atoms with Gasteiger partial charge in [-0.2, -0.15) is 9.50 Å². The topological polar surface area (TPSA) is 89.6 Å². The molecule has 0 saturated carbocycles. The lowest BCUT2D eigenvalue weighted by Gasteiger charge is -2.17. The SMILES string of the molecule is CCOc1nc2nc(C(C)(C)C)cc(C(=O)O)n2n1. The third kappa shape index (κ3) is 2.49. The number of carbonyl (C=O) groups is 1. The first kappa shape index (κ1) is 13.3. The highest BCUT2D eigenvalue weighted by molar-refractivity contribution is 5.86. The summed E-state index contributed by atoms with van der Waals surface area (Å²) in [6.07, 6.45) is 0. The van der Waals surface area contributed by atoms with Crippen molar-refractivity contribution in [2.75, 3.05) is 6.61 Å². The molecule has 0 aliphatic carbocycles. The number of carboxylic acids is 1. The summed E-state index contributed by atoms with van der Waals surface area (Å²) >= 11 is 0. The molecule has 0 aliphatic rings.